The predicted molar refractivity (Wildman–Crippen MR) is 94.6 cm³/mol. The van der Waals surface area contributed by atoms with Gasteiger partial charge in [0.25, 0.3) is 10.0 Å². The SMILES string of the molecule is CC(=O)Nc1ccc(S(=O)(=O)N2c3ccccc3CC[C@H]2C)cc1. The Labute approximate surface area is 142 Å². The highest BCUT2D eigenvalue weighted by Crippen LogP contribution is 2.35. The van der Waals surface area contributed by atoms with Gasteiger partial charge in [-0.15, -0.1) is 0 Å². The number of hydrogen-bond acceptors (Lipinski definition) is 3. The van der Waals surface area contributed by atoms with Gasteiger partial charge in [-0.3, -0.25) is 9.10 Å². The maximum Gasteiger partial charge on any atom is 0.264 e. The van der Waals surface area contributed by atoms with Gasteiger partial charge in [0.2, 0.25) is 5.91 Å². The van der Waals surface area contributed by atoms with Crippen LogP contribution in [0, 0.1) is 0 Å². The summed E-state index contributed by atoms with van der Waals surface area (Å²) >= 11 is 0. The molecule has 1 amide bonds. The molecule has 0 saturated carbocycles. The maximum atomic E-state index is 13.1. The van der Waals surface area contributed by atoms with E-state index in [1.807, 2.05) is 31.2 Å². The molecule has 0 fully saturated rings. The molecule has 3 rings (SSSR count). The molecule has 6 heteroatoms. The van der Waals surface area contributed by atoms with E-state index in [1.165, 1.54) is 23.4 Å². The van der Waals surface area contributed by atoms with Crippen molar-refractivity contribution in [2.24, 2.45) is 0 Å². The Morgan fingerprint density at radius 2 is 1.79 bits per heavy atom. The van der Waals surface area contributed by atoms with Crippen LogP contribution in [0.4, 0.5) is 11.4 Å². The summed E-state index contributed by atoms with van der Waals surface area (Å²) in [4.78, 5) is 11.3. The van der Waals surface area contributed by atoms with E-state index >= 15 is 0 Å². The molecule has 2 aromatic carbocycles. The molecule has 126 valence electrons. The number of carbonyl (C=O) groups excluding carboxylic acids is 1. The number of benzene rings is 2. The second-order valence-corrected chi connectivity index (χ2v) is 7.84. The van der Waals surface area contributed by atoms with Crippen LogP contribution in [0.3, 0.4) is 0 Å². The zero-order valence-electron chi connectivity index (χ0n) is 13.7. The lowest BCUT2D eigenvalue weighted by Crippen LogP contribution is -2.42. The second-order valence-electron chi connectivity index (χ2n) is 6.02. The Morgan fingerprint density at radius 1 is 1.12 bits per heavy atom. The van der Waals surface area contributed by atoms with Gasteiger partial charge < -0.3 is 5.32 Å². The van der Waals surface area contributed by atoms with E-state index in [2.05, 4.69) is 5.32 Å². The lowest BCUT2D eigenvalue weighted by molar-refractivity contribution is -0.114. The molecule has 24 heavy (non-hydrogen) atoms. The normalized spacial score (nSPS) is 17.2. The first-order valence-corrected chi connectivity index (χ1v) is 9.33. The van der Waals surface area contributed by atoms with E-state index in [0.717, 1.165) is 24.1 Å². The number of amides is 1. The monoisotopic (exact) mass is 344 g/mol. The van der Waals surface area contributed by atoms with Gasteiger partial charge in [-0.05, 0) is 55.7 Å². The molecular formula is C18H20N2O3S. The topological polar surface area (TPSA) is 66.5 Å². The van der Waals surface area contributed by atoms with Gasteiger partial charge in [-0.2, -0.15) is 0 Å². The second kappa shape index (κ2) is 6.28. The van der Waals surface area contributed by atoms with E-state index in [9.17, 15) is 13.2 Å². The average molecular weight is 344 g/mol. The summed E-state index contributed by atoms with van der Waals surface area (Å²) in [6.45, 7) is 3.34. The summed E-state index contributed by atoms with van der Waals surface area (Å²) in [5, 5.41) is 2.64. The highest BCUT2D eigenvalue weighted by atomic mass is 32.2. The summed E-state index contributed by atoms with van der Waals surface area (Å²) in [5.41, 5.74) is 2.38. The smallest absolute Gasteiger partial charge is 0.264 e. The molecule has 1 heterocycles. The molecule has 2 aromatic rings. The molecule has 1 atom stereocenters. The highest BCUT2D eigenvalue weighted by molar-refractivity contribution is 7.92. The van der Waals surface area contributed by atoms with Crippen LogP contribution >= 0.6 is 0 Å². The molecule has 1 aliphatic heterocycles. The molecule has 1 aliphatic rings. The van der Waals surface area contributed by atoms with Crippen LogP contribution in [0.5, 0.6) is 0 Å². The third kappa shape index (κ3) is 3.01. The third-order valence-corrected chi connectivity index (χ3v) is 6.13. The van der Waals surface area contributed by atoms with Gasteiger partial charge in [-0.1, -0.05) is 18.2 Å². The number of fused-ring (bicyclic) bond motifs is 1. The number of hydrogen-bond donors (Lipinski definition) is 1. The van der Waals surface area contributed by atoms with E-state index < -0.39 is 10.0 Å². The molecule has 0 bridgehead atoms. The van der Waals surface area contributed by atoms with Crippen LogP contribution in [-0.2, 0) is 21.2 Å². The Bertz CT molecular complexity index is 860. The fourth-order valence-corrected chi connectivity index (χ4v) is 4.77. The summed E-state index contributed by atoms with van der Waals surface area (Å²) in [5.74, 6) is -0.191. The van der Waals surface area contributed by atoms with Crippen LogP contribution in [0.2, 0.25) is 0 Å². The van der Waals surface area contributed by atoms with Crippen molar-refractivity contribution in [1.29, 1.82) is 0 Å². The fourth-order valence-electron chi connectivity index (χ4n) is 3.05. The third-order valence-electron chi connectivity index (χ3n) is 4.19. The lowest BCUT2D eigenvalue weighted by atomic mass is 9.99. The minimum Gasteiger partial charge on any atom is -0.326 e. The quantitative estimate of drug-likeness (QED) is 0.930. The Kier molecular flexibility index (Phi) is 4.32. The lowest BCUT2D eigenvalue weighted by Gasteiger charge is -2.36. The van der Waals surface area contributed by atoms with Crippen molar-refractivity contribution in [2.45, 2.75) is 37.6 Å². The molecule has 1 N–H and O–H groups in total. The number of carbonyl (C=O) groups is 1. The molecule has 0 aromatic heterocycles. The maximum absolute atomic E-state index is 13.1. The Morgan fingerprint density at radius 3 is 2.46 bits per heavy atom. The Balaban J connectivity index is 2.00. The number of nitrogens with one attached hydrogen (secondary N) is 1. The van der Waals surface area contributed by atoms with Crippen molar-refractivity contribution in [3.05, 3.63) is 54.1 Å². The average Bonchev–Trinajstić information content (AvgIpc) is 2.54. The van der Waals surface area contributed by atoms with Crippen molar-refractivity contribution in [2.75, 3.05) is 9.62 Å². The van der Waals surface area contributed by atoms with E-state index in [4.69, 9.17) is 0 Å². The van der Waals surface area contributed by atoms with E-state index in [0.29, 0.717) is 5.69 Å². The standard InChI is InChI=1S/C18H20N2O3S/c1-13-7-8-15-5-3-4-6-18(15)20(13)24(22,23)17-11-9-16(10-12-17)19-14(2)21/h3-6,9-13H,7-8H2,1-2H3,(H,19,21)/t13-/m1/s1. The van der Waals surface area contributed by atoms with Crippen molar-refractivity contribution < 1.29 is 13.2 Å². The van der Waals surface area contributed by atoms with Crippen molar-refractivity contribution in [1.82, 2.24) is 0 Å². The number of rotatable bonds is 3. The molecule has 0 spiro atoms. The first-order valence-electron chi connectivity index (χ1n) is 7.89. The van der Waals surface area contributed by atoms with Crippen molar-refractivity contribution in [3.8, 4) is 0 Å². The van der Waals surface area contributed by atoms with Gasteiger partial charge in [0.1, 0.15) is 0 Å². The number of anilines is 2. The molecule has 5 nitrogen and oxygen atoms in total. The molecule has 0 radical (unpaired) electrons. The largest absolute Gasteiger partial charge is 0.326 e. The van der Waals surface area contributed by atoms with Crippen LogP contribution in [0.1, 0.15) is 25.8 Å². The van der Waals surface area contributed by atoms with Gasteiger partial charge in [0.15, 0.2) is 0 Å². The minimum absolute atomic E-state index is 0.0973. The first kappa shape index (κ1) is 16.5. The zero-order valence-corrected chi connectivity index (χ0v) is 14.5. The van der Waals surface area contributed by atoms with Crippen molar-refractivity contribution in [3.63, 3.8) is 0 Å². The fraction of sp³-hybridized carbons (Fsp3) is 0.278. The van der Waals surface area contributed by atoms with Crippen LogP contribution in [0.15, 0.2) is 53.4 Å². The van der Waals surface area contributed by atoms with Gasteiger partial charge in [-0.25, -0.2) is 8.42 Å². The van der Waals surface area contributed by atoms with Gasteiger partial charge in [0.05, 0.1) is 10.6 Å². The number of para-hydroxylation sites is 1. The Hall–Kier alpha value is -2.34. The van der Waals surface area contributed by atoms with Crippen LogP contribution < -0.4 is 9.62 Å². The van der Waals surface area contributed by atoms with E-state index in [-0.39, 0.29) is 16.8 Å². The van der Waals surface area contributed by atoms with Crippen molar-refractivity contribution >= 4 is 27.3 Å². The number of aryl methyl sites for hydroxylation is 1. The summed E-state index contributed by atoms with van der Waals surface area (Å²) in [7, 11) is -3.65. The molecule has 0 aliphatic carbocycles. The number of sulfonamides is 1. The van der Waals surface area contributed by atoms with Crippen LogP contribution in [0.25, 0.3) is 0 Å². The minimum atomic E-state index is -3.65. The molecule has 0 saturated heterocycles. The number of nitrogens with zero attached hydrogens (tertiary/aromatic N) is 1. The van der Waals surface area contributed by atoms with Crippen LogP contribution in [-0.4, -0.2) is 20.4 Å². The molecular weight excluding hydrogens is 324 g/mol. The predicted octanol–water partition coefficient (Wildman–Crippen LogP) is 3.18. The van der Waals surface area contributed by atoms with Gasteiger partial charge in [0, 0.05) is 18.7 Å². The zero-order chi connectivity index (χ0) is 17.3. The summed E-state index contributed by atoms with van der Waals surface area (Å²) in [6, 6.07) is 13.8. The first-order chi connectivity index (χ1) is 11.4. The molecule has 0 unspecified atom stereocenters. The highest BCUT2D eigenvalue weighted by Gasteiger charge is 2.33. The van der Waals surface area contributed by atoms with E-state index in [1.54, 1.807) is 12.1 Å². The van der Waals surface area contributed by atoms with Gasteiger partial charge >= 0.3 is 0 Å². The summed E-state index contributed by atoms with van der Waals surface area (Å²) in [6.07, 6.45) is 1.67. The summed E-state index contributed by atoms with van der Waals surface area (Å²) < 4.78 is 27.8.